The summed E-state index contributed by atoms with van der Waals surface area (Å²) >= 11 is 0. The van der Waals surface area contributed by atoms with Crippen molar-refractivity contribution < 1.29 is 24.5 Å². The average molecular weight is 846 g/mol. The summed E-state index contributed by atoms with van der Waals surface area (Å²) in [6.07, 6.45) is 55.3. The first-order valence-corrected chi connectivity index (χ1v) is 26.6. The molecular formula is C54H103NO5. The van der Waals surface area contributed by atoms with Crippen LogP contribution in [0.25, 0.3) is 0 Å². The Morgan fingerprint density at radius 1 is 0.483 bits per heavy atom. The smallest absolute Gasteiger partial charge is 0.306 e. The molecule has 0 saturated carbocycles. The van der Waals surface area contributed by atoms with Gasteiger partial charge in [0, 0.05) is 6.42 Å². The molecule has 0 aromatic rings. The van der Waals surface area contributed by atoms with Gasteiger partial charge >= 0.3 is 5.97 Å². The second-order valence-corrected chi connectivity index (χ2v) is 18.3. The fraction of sp³-hybridized carbons (Fsp3) is 0.889. The van der Waals surface area contributed by atoms with Gasteiger partial charge in [0.1, 0.15) is 6.10 Å². The Kier molecular flexibility index (Phi) is 47.0. The molecule has 0 spiro atoms. The van der Waals surface area contributed by atoms with Crippen LogP contribution in [0.5, 0.6) is 0 Å². The van der Waals surface area contributed by atoms with Crippen molar-refractivity contribution in [2.24, 2.45) is 0 Å². The van der Waals surface area contributed by atoms with Crippen molar-refractivity contribution in [3.05, 3.63) is 24.3 Å². The lowest BCUT2D eigenvalue weighted by Crippen LogP contribution is -2.46. The van der Waals surface area contributed by atoms with Crippen molar-refractivity contribution in [3.8, 4) is 0 Å². The molecule has 6 nitrogen and oxygen atoms in total. The van der Waals surface area contributed by atoms with Gasteiger partial charge in [-0.05, 0) is 57.8 Å². The number of ether oxygens (including phenoxy) is 1. The molecule has 0 aliphatic heterocycles. The molecular weight excluding hydrogens is 743 g/mol. The van der Waals surface area contributed by atoms with Crippen LogP contribution in [0.4, 0.5) is 0 Å². The van der Waals surface area contributed by atoms with Gasteiger partial charge in [-0.15, -0.1) is 0 Å². The van der Waals surface area contributed by atoms with Crippen molar-refractivity contribution in [2.75, 3.05) is 6.61 Å². The summed E-state index contributed by atoms with van der Waals surface area (Å²) in [6, 6.07) is -0.698. The highest BCUT2D eigenvalue weighted by Crippen LogP contribution is 2.18. The lowest BCUT2D eigenvalue weighted by molar-refractivity contribution is -0.151. The number of carbonyl (C=O) groups excluding carboxylic acids is 2. The zero-order valence-electron chi connectivity index (χ0n) is 40.4. The minimum atomic E-state index is -0.784. The average Bonchev–Trinajstić information content (AvgIpc) is 3.24. The molecule has 0 aromatic carbocycles. The number of allylic oxidation sites excluding steroid dienone is 4. The number of aliphatic hydroxyl groups excluding tert-OH is 2. The first-order valence-electron chi connectivity index (χ1n) is 26.6. The molecule has 3 atom stereocenters. The van der Waals surface area contributed by atoms with Crippen molar-refractivity contribution >= 4 is 11.9 Å². The van der Waals surface area contributed by atoms with Crippen LogP contribution in [-0.4, -0.2) is 46.9 Å². The third-order valence-electron chi connectivity index (χ3n) is 12.3. The zero-order valence-corrected chi connectivity index (χ0v) is 40.4. The van der Waals surface area contributed by atoms with Crippen molar-refractivity contribution in [1.29, 1.82) is 0 Å². The summed E-state index contributed by atoms with van der Waals surface area (Å²) in [6.45, 7) is 6.46. The summed E-state index contributed by atoms with van der Waals surface area (Å²) in [5, 5.41) is 23.7. The lowest BCUT2D eigenvalue weighted by atomic mass is 10.0. The number of amides is 1. The molecule has 0 radical (unpaired) electrons. The van der Waals surface area contributed by atoms with E-state index < -0.39 is 18.2 Å². The highest BCUT2D eigenvalue weighted by molar-refractivity contribution is 5.77. The third kappa shape index (κ3) is 43.0. The molecule has 0 rings (SSSR count). The predicted octanol–water partition coefficient (Wildman–Crippen LogP) is 15.9. The largest absolute Gasteiger partial charge is 0.462 e. The van der Waals surface area contributed by atoms with E-state index >= 15 is 0 Å². The Morgan fingerprint density at radius 3 is 1.30 bits per heavy atom. The highest BCUT2D eigenvalue weighted by atomic mass is 16.5. The molecule has 0 aliphatic rings. The predicted molar refractivity (Wildman–Crippen MR) is 260 cm³/mol. The Balaban J connectivity index is 4.55. The monoisotopic (exact) mass is 846 g/mol. The van der Waals surface area contributed by atoms with Crippen LogP contribution in [0.2, 0.25) is 0 Å². The van der Waals surface area contributed by atoms with Gasteiger partial charge < -0.3 is 20.3 Å². The Labute approximate surface area is 373 Å². The number of nitrogens with one attached hydrogen (secondary N) is 1. The van der Waals surface area contributed by atoms with E-state index in [9.17, 15) is 19.8 Å². The van der Waals surface area contributed by atoms with Crippen LogP contribution in [0.3, 0.4) is 0 Å². The number of hydrogen-bond acceptors (Lipinski definition) is 5. The van der Waals surface area contributed by atoms with Crippen LogP contribution in [0, 0.1) is 0 Å². The summed E-state index contributed by atoms with van der Waals surface area (Å²) in [5.41, 5.74) is 0. The highest BCUT2D eigenvalue weighted by Gasteiger charge is 2.24. The van der Waals surface area contributed by atoms with Crippen molar-refractivity contribution in [2.45, 2.75) is 302 Å². The molecule has 0 bridgehead atoms. The quantitative estimate of drug-likeness (QED) is 0.0322. The molecule has 0 aliphatic carbocycles. The second kappa shape index (κ2) is 48.4. The molecule has 0 aromatic heterocycles. The van der Waals surface area contributed by atoms with Gasteiger partial charge in [0.2, 0.25) is 5.91 Å². The van der Waals surface area contributed by atoms with Gasteiger partial charge in [-0.2, -0.15) is 0 Å². The molecule has 3 N–H and O–H groups in total. The van der Waals surface area contributed by atoms with Crippen LogP contribution < -0.4 is 5.32 Å². The summed E-state index contributed by atoms with van der Waals surface area (Å²) in [4.78, 5) is 26.1. The van der Waals surface area contributed by atoms with Crippen LogP contribution in [0.1, 0.15) is 284 Å². The topological polar surface area (TPSA) is 95.9 Å². The lowest BCUT2D eigenvalue weighted by Gasteiger charge is -2.24. The fourth-order valence-corrected chi connectivity index (χ4v) is 8.23. The Morgan fingerprint density at radius 2 is 0.850 bits per heavy atom. The van der Waals surface area contributed by atoms with E-state index in [0.717, 1.165) is 70.6 Å². The molecule has 0 heterocycles. The number of aliphatic hydroxyl groups is 2. The van der Waals surface area contributed by atoms with E-state index in [1.165, 1.54) is 167 Å². The van der Waals surface area contributed by atoms with Gasteiger partial charge in [0.15, 0.2) is 0 Å². The van der Waals surface area contributed by atoms with Crippen LogP contribution in [0.15, 0.2) is 24.3 Å². The molecule has 0 saturated heterocycles. The maximum Gasteiger partial charge on any atom is 0.306 e. The summed E-state index contributed by atoms with van der Waals surface area (Å²) in [5.74, 6) is -0.467. The minimum Gasteiger partial charge on any atom is -0.462 e. The van der Waals surface area contributed by atoms with Crippen molar-refractivity contribution in [3.63, 3.8) is 0 Å². The van der Waals surface area contributed by atoms with E-state index in [-0.39, 0.29) is 24.9 Å². The molecule has 6 heteroatoms. The van der Waals surface area contributed by atoms with Gasteiger partial charge in [-0.25, -0.2) is 0 Å². The molecule has 0 fully saturated rings. The first-order chi connectivity index (χ1) is 29.5. The van der Waals surface area contributed by atoms with E-state index in [0.29, 0.717) is 19.3 Å². The van der Waals surface area contributed by atoms with Gasteiger partial charge in [-0.3, -0.25) is 9.59 Å². The molecule has 1 amide bonds. The Bertz CT molecular complexity index is 950. The van der Waals surface area contributed by atoms with Gasteiger partial charge in [-0.1, -0.05) is 238 Å². The van der Waals surface area contributed by atoms with E-state index in [4.69, 9.17) is 4.74 Å². The SMILES string of the molecule is CCCCC/C=C\C/C=C\CCCCCCCCCC(CC(=O)NC(CO)C(O)CCCCCCCCCCC)OC(=O)CCCCCCCCCCCCCCCCC. The number of hydrogen-bond donors (Lipinski definition) is 3. The van der Waals surface area contributed by atoms with Crippen LogP contribution >= 0.6 is 0 Å². The van der Waals surface area contributed by atoms with Crippen molar-refractivity contribution in [1.82, 2.24) is 5.32 Å². The number of esters is 1. The van der Waals surface area contributed by atoms with E-state index in [1.807, 2.05) is 0 Å². The molecule has 354 valence electrons. The second-order valence-electron chi connectivity index (χ2n) is 18.3. The normalized spacial score (nSPS) is 13.3. The van der Waals surface area contributed by atoms with Gasteiger partial charge in [0.05, 0.1) is 25.2 Å². The van der Waals surface area contributed by atoms with Crippen LogP contribution in [-0.2, 0) is 14.3 Å². The number of carbonyl (C=O) groups is 2. The van der Waals surface area contributed by atoms with E-state index in [1.54, 1.807) is 0 Å². The zero-order chi connectivity index (χ0) is 43.8. The summed E-state index contributed by atoms with van der Waals surface area (Å²) < 4.78 is 5.94. The minimum absolute atomic E-state index is 0.0774. The third-order valence-corrected chi connectivity index (χ3v) is 12.3. The summed E-state index contributed by atoms with van der Waals surface area (Å²) in [7, 11) is 0. The number of unbranched alkanes of at least 4 members (excludes halogenated alkanes) is 32. The van der Waals surface area contributed by atoms with Gasteiger partial charge in [0.25, 0.3) is 0 Å². The molecule has 3 unspecified atom stereocenters. The van der Waals surface area contributed by atoms with E-state index in [2.05, 4.69) is 50.4 Å². The molecule has 60 heavy (non-hydrogen) atoms. The standard InChI is InChI=1S/C54H103NO5/c1-4-7-10-13-16-19-21-23-25-26-28-29-31-34-36-39-42-45-50(48-53(58)55-51(49-56)52(57)46-43-40-37-33-18-15-12-9-6-3)60-54(59)47-44-41-38-35-32-30-27-24-22-20-17-14-11-8-5-2/h16,19,23,25,50-52,56-57H,4-15,17-18,20-22,24,26-49H2,1-3H3,(H,55,58)/b19-16-,25-23-. The first kappa shape index (κ1) is 58.3. The maximum absolute atomic E-state index is 13.2. The fourth-order valence-electron chi connectivity index (χ4n) is 8.23. The Hall–Kier alpha value is -1.66. The maximum atomic E-state index is 13.2. The number of rotatable bonds is 48.